The number of carbonyl (C=O) groups is 1. The molecule has 182 valence electrons. The lowest BCUT2D eigenvalue weighted by Crippen LogP contribution is -2.25. The SMILES string of the molecule is C=C(C)C(=O)OCC(O)COc1cccc(CCCCCCCCCCCCCCC)c1. The van der Waals surface area contributed by atoms with Crippen LogP contribution in [0.2, 0.25) is 0 Å². The van der Waals surface area contributed by atoms with E-state index in [1.54, 1.807) is 6.92 Å². The molecule has 0 aromatic heterocycles. The van der Waals surface area contributed by atoms with Crippen LogP contribution in [0.1, 0.15) is 103 Å². The summed E-state index contributed by atoms with van der Waals surface area (Å²) in [4.78, 5) is 11.4. The summed E-state index contributed by atoms with van der Waals surface area (Å²) in [5, 5.41) is 9.91. The highest BCUT2D eigenvalue weighted by molar-refractivity contribution is 5.86. The molecule has 0 saturated heterocycles. The maximum Gasteiger partial charge on any atom is 0.333 e. The quantitative estimate of drug-likeness (QED) is 0.131. The second kappa shape index (κ2) is 18.7. The van der Waals surface area contributed by atoms with E-state index in [9.17, 15) is 9.90 Å². The van der Waals surface area contributed by atoms with Crippen molar-refractivity contribution in [3.8, 4) is 5.75 Å². The summed E-state index contributed by atoms with van der Waals surface area (Å²) < 4.78 is 10.6. The molecule has 0 radical (unpaired) electrons. The molecule has 0 spiro atoms. The number of hydrogen-bond acceptors (Lipinski definition) is 4. The highest BCUT2D eigenvalue weighted by atomic mass is 16.5. The Morgan fingerprint density at radius 3 is 2.03 bits per heavy atom. The summed E-state index contributed by atoms with van der Waals surface area (Å²) >= 11 is 0. The van der Waals surface area contributed by atoms with Crippen LogP contribution in [0, 0.1) is 0 Å². The molecule has 1 aromatic carbocycles. The summed E-state index contributed by atoms with van der Waals surface area (Å²) in [6.07, 6.45) is 17.9. The predicted molar refractivity (Wildman–Crippen MR) is 133 cm³/mol. The molecule has 32 heavy (non-hydrogen) atoms. The lowest BCUT2D eigenvalue weighted by molar-refractivity contribution is -0.142. The van der Waals surface area contributed by atoms with Crippen LogP contribution >= 0.6 is 0 Å². The standard InChI is InChI=1S/C28H46O4/c1-4-5-6-7-8-9-10-11-12-13-14-15-16-18-25-19-17-20-27(21-25)31-22-26(29)23-32-28(30)24(2)3/h17,19-21,26,29H,2,4-16,18,22-23H2,1,3H3. The van der Waals surface area contributed by atoms with Crippen molar-refractivity contribution in [2.24, 2.45) is 0 Å². The maximum atomic E-state index is 11.4. The van der Waals surface area contributed by atoms with Crippen molar-refractivity contribution in [1.29, 1.82) is 0 Å². The van der Waals surface area contributed by atoms with Crippen LogP contribution in [0.4, 0.5) is 0 Å². The number of unbranched alkanes of at least 4 members (excludes halogenated alkanes) is 12. The largest absolute Gasteiger partial charge is 0.491 e. The Balaban J connectivity index is 2.06. The lowest BCUT2D eigenvalue weighted by atomic mass is 10.0. The van der Waals surface area contributed by atoms with Gasteiger partial charge < -0.3 is 14.6 Å². The zero-order valence-corrected chi connectivity index (χ0v) is 20.6. The van der Waals surface area contributed by atoms with Crippen LogP contribution in [-0.4, -0.2) is 30.4 Å². The Bertz CT molecular complexity index is 626. The molecule has 0 fully saturated rings. The third kappa shape index (κ3) is 15.1. The first-order valence-corrected chi connectivity index (χ1v) is 12.7. The van der Waals surface area contributed by atoms with E-state index in [1.165, 1.54) is 89.0 Å². The minimum absolute atomic E-state index is 0.0890. The van der Waals surface area contributed by atoms with Crippen molar-refractivity contribution in [2.75, 3.05) is 13.2 Å². The number of carbonyl (C=O) groups excluding carboxylic acids is 1. The van der Waals surface area contributed by atoms with Gasteiger partial charge >= 0.3 is 5.97 Å². The average Bonchev–Trinajstić information content (AvgIpc) is 2.79. The molecule has 0 saturated carbocycles. The first kappa shape index (κ1) is 28.2. The van der Waals surface area contributed by atoms with Gasteiger partial charge in [-0.1, -0.05) is 103 Å². The van der Waals surface area contributed by atoms with Crippen molar-refractivity contribution in [2.45, 2.75) is 110 Å². The third-order valence-corrected chi connectivity index (χ3v) is 5.67. The van der Waals surface area contributed by atoms with Crippen molar-refractivity contribution in [3.05, 3.63) is 42.0 Å². The molecular weight excluding hydrogens is 400 g/mol. The number of aliphatic hydroxyl groups excluding tert-OH is 1. The van der Waals surface area contributed by atoms with Gasteiger partial charge in [-0.25, -0.2) is 4.79 Å². The Morgan fingerprint density at radius 1 is 0.906 bits per heavy atom. The summed E-state index contributed by atoms with van der Waals surface area (Å²) in [7, 11) is 0. The molecule has 0 bridgehead atoms. The second-order valence-corrected chi connectivity index (χ2v) is 8.98. The number of rotatable bonds is 20. The molecule has 1 rings (SSSR count). The van der Waals surface area contributed by atoms with Gasteiger partial charge in [-0.2, -0.15) is 0 Å². The van der Waals surface area contributed by atoms with Gasteiger partial charge in [0.15, 0.2) is 0 Å². The zero-order chi connectivity index (χ0) is 23.4. The number of hydrogen-bond donors (Lipinski definition) is 1. The molecule has 4 heteroatoms. The van der Waals surface area contributed by atoms with Crippen LogP contribution in [0.25, 0.3) is 0 Å². The molecule has 0 heterocycles. The highest BCUT2D eigenvalue weighted by Crippen LogP contribution is 2.17. The predicted octanol–water partition coefficient (Wildman–Crippen LogP) is 7.18. The van der Waals surface area contributed by atoms with Crippen molar-refractivity contribution < 1.29 is 19.4 Å². The maximum absolute atomic E-state index is 11.4. The molecule has 0 aliphatic heterocycles. The van der Waals surface area contributed by atoms with Crippen molar-refractivity contribution >= 4 is 5.97 Å². The molecule has 0 aliphatic rings. The van der Waals surface area contributed by atoms with Crippen molar-refractivity contribution in [3.63, 3.8) is 0 Å². The molecule has 1 unspecified atom stereocenters. The highest BCUT2D eigenvalue weighted by Gasteiger charge is 2.10. The van der Waals surface area contributed by atoms with Crippen LogP contribution < -0.4 is 4.74 Å². The van der Waals surface area contributed by atoms with E-state index in [1.807, 2.05) is 18.2 Å². The van der Waals surface area contributed by atoms with Gasteiger partial charge in [0, 0.05) is 5.57 Å². The Labute approximate surface area is 196 Å². The number of ether oxygens (including phenoxy) is 2. The van der Waals surface area contributed by atoms with E-state index < -0.39 is 12.1 Å². The molecular formula is C28H46O4. The van der Waals surface area contributed by atoms with Crippen LogP contribution in [0.5, 0.6) is 5.75 Å². The zero-order valence-electron chi connectivity index (χ0n) is 20.6. The first-order chi connectivity index (χ1) is 15.5. The van der Waals surface area contributed by atoms with Crippen LogP contribution in [0.15, 0.2) is 36.4 Å². The Kier molecular flexibility index (Phi) is 16.5. The topological polar surface area (TPSA) is 55.8 Å². The molecule has 4 nitrogen and oxygen atoms in total. The Morgan fingerprint density at radius 2 is 1.47 bits per heavy atom. The summed E-state index contributed by atoms with van der Waals surface area (Å²) in [6, 6.07) is 8.03. The molecule has 0 aliphatic carbocycles. The van der Waals surface area contributed by atoms with Crippen LogP contribution in [0.3, 0.4) is 0 Å². The molecule has 1 N–H and O–H groups in total. The van der Waals surface area contributed by atoms with Crippen molar-refractivity contribution in [1.82, 2.24) is 0 Å². The van der Waals surface area contributed by atoms with E-state index in [2.05, 4.69) is 19.6 Å². The van der Waals surface area contributed by atoms with E-state index in [4.69, 9.17) is 9.47 Å². The number of aliphatic hydroxyl groups is 1. The fourth-order valence-electron chi connectivity index (χ4n) is 3.67. The molecule has 1 aromatic rings. The number of esters is 1. The van der Waals surface area contributed by atoms with E-state index in [0.29, 0.717) is 5.57 Å². The van der Waals surface area contributed by atoms with Gasteiger partial charge in [-0.05, 0) is 37.5 Å². The second-order valence-electron chi connectivity index (χ2n) is 8.98. The van der Waals surface area contributed by atoms with E-state index >= 15 is 0 Å². The van der Waals surface area contributed by atoms with Gasteiger partial charge in [-0.3, -0.25) is 0 Å². The van der Waals surface area contributed by atoms with Gasteiger partial charge in [0.2, 0.25) is 0 Å². The summed E-state index contributed by atoms with van der Waals surface area (Å²) in [5.74, 6) is 0.242. The molecule has 0 amide bonds. The van der Waals surface area contributed by atoms with Gasteiger partial charge in [0.25, 0.3) is 0 Å². The number of benzene rings is 1. The third-order valence-electron chi connectivity index (χ3n) is 5.67. The van der Waals surface area contributed by atoms with Crippen LogP contribution in [-0.2, 0) is 16.0 Å². The smallest absolute Gasteiger partial charge is 0.333 e. The number of aryl methyl sites for hydroxylation is 1. The summed E-state index contributed by atoms with van der Waals surface area (Å²) in [6.45, 7) is 7.36. The lowest BCUT2D eigenvalue weighted by Gasteiger charge is -2.13. The minimum atomic E-state index is -0.858. The van der Waals surface area contributed by atoms with Gasteiger partial charge in [0.05, 0.1) is 0 Å². The fraction of sp³-hybridized carbons (Fsp3) is 0.679. The Hall–Kier alpha value is -1.81. The van der Waals surface area contributed by atoms with E-state index in [-0.39, 0.29) is 13.2 Å². The monoisotopic (exact) mass is 446 g/mol. The minimum Gasteiger partial charge on any atom is -0.491 e. The summed E-state index contributed by atoms with van der Waals surface area (Å²) in [5.41, 5.74) is 1.58. The van der Waals surface area contributed by atoms with Gasteiger partial charge in [-0.15, -0.1) is 0 Å². The normalized spacial score (nSPS) is 11.8. The fourth-order valence-corrected chi connectivity index (χ4v) is 3.67. The molecule has 1 atom stereocenters. The van der Waals surface area contributed by atoms with Gasteiger partial charge in [0.1, 0.15) is 25.1 Å². The van der Waals surface area contributed by atoms with E-state index in [0.717, 1.165) is 12.2 Å². The first-order valence-electron chi connectivity index (χ1n) is 12.7. The average molecular weight is 447 g/mol.